The van der Waals surface area contributed by atoms with Gasteiger partial charge in [-0.25, -0.2) is 0 Å². The van der Waals surface area contributed by atoms with Gasteiger partial charge in [0.25, 0.3) is 0 Å². The number of aryl methyl sites for hydroxylation is 2. The topological polar surface area (TPSA) is 0 Å². The summed E-state index contributed by atoms with van der Waals surface area (Å²) in [5.41, 5.74) is 17.0. The number of hydrogen-bond donors (Lipinski definition) is 0. The van der Waals surface area contributed by atoms with Crippen LogP contribution in [-0.2, 0) is 21.3 Å². The second-order valence-corrected chi connectivity index (χ2v) is 18.5. The van der Waals surface area contributed by atoms with Crippen LogP contribution < -0.4 is 0 Å². The molecule has 1 heteroatoms. The van der Waals surface area contributed by atoms with Crippen molar-refractivity contribution >= 4 is 14.9 Å². The van der Waals surface area contributed by atoms with E-state index in [-0.39, 0.29) is 0 Å². The summed E-state index contributed by atoms with van der Waals surface area (Å²) in [5, 5.41) is 0. The second-order valence-electron chi connectivity index (χ2n) is 12.2. The maximum atomic E-state index is 2.51. The van der Waals surface area contributed by atoms with Gasteiger partial charge in [-0.1, -0.05) is 0 Å². The number of allylic oxidation sites excluding steroid dienone is 1. The maximum absolute atomic E-state index is 2.94. The molecular formula is C43H34Zr. The van der Waals surface area contributed by atoms with Crippen LogP contribution in [0.3, 0.4) is 0 Å². The van der Waals surface area contributed by atoms with Crippen LogP contribution in [0, 0.1) is 13.8 Å². The molecule has 0 saturated carbocycles. The van der Waals surface area contributed by atoms with Crippen LogP contribution in [-0.4, -0.2) is 3.21 Å². The van der Waals surface area contributed by atoms with E-state index in [1.807, 2.05) is 0 Å². The van der Waals surface area contributed by atoms with E-state index < -0.39 is 21.3 Å². The van der Waals surface area contributed by atoms with Gasteiger partial charge in [0.05, 0.1) is 0 Å². The Morgan fingerprint density at radius 2 is 0.977 bits per heavy atom. The summed E-state index contributed by atoms with van der Waals surface area (Å²) in [7, 11) is 0. The second kappa shape index (κ2) is 11.4. The van der Waals surface area contributed by atoms with E-state index in [2.05, 4.69) is 172 Å². The molecule has 6 aromatic carbocycles. The van der Waals surface area contributed by atoms with Gasteiger partial charge in [0.2, 0.25) is 0 Å². The van der Waals surface area contributed by atoms with Crippen molar-refractivity contribution in [1.82, 2.24) is 0 Å². The van der Waals surface area contributed by atoms with Gasteiger partial charge in [-0.2, -0.15) is 0 Å². The van der Waals surface area contributed by atoms with E-state index in [1.165, 1.54) is 66.8 Å². The average Bonchev–Trinajstić information content (AvgIpc) is 3.60. The molecule has 0 bridgehead atoms. The first-order valence-corrected chi connectivity index (χ1v) is 19.7. The Morgan fingerprint density at radius 1 is 0.477 bits per heavy atom. The van der Waals surface area contributed by atoms with Crippen molar-refractivity contribution in [2.75, 3.05) is 0 Å². The molecule has 0 heterocycles. The first-order valence-electron chi connectivity index (χ1n) is 15.6. The Balaban J connectivity index is 1.54. The summed E-state index contributed by atoms with van der Waals surface area (Å²) >= 11 is -2.94. The van der Waals surface area contributed by atoms with Crippen molar-refractivity contribution in [3.63, 3.8) is 0 Å². The third kappa shape index (κ3) is 4.66. The third-order valence-corrected chi connectivity index (χ3v) is 18.4. The molecule has 0 saturated heterocycles. The molecule has 2 aliphatic carbocycles. The molecule has 0 spiro atoms. The molecule has 8 rings (SSSR count). The molecule has 210 valence electrons. The van der Waals surface area contributed by atoms with Crippen LogP contribution in [0.4, 0.5) is 0 Å². The van der Waals surface area contributed by atoms with Crippen LogP contribution in [0.5, 0.6) is 0 Å². The van der Waals surface area contributed by atoms with Gasteiger partial charge in [0.15, 0.2) is 0 Å². The van der Waals surface area contributed by atoms with E-state index in [1.54, 1.807) is 3.21 Å². The molecule has 0 N–H and O–H groups in total. The van der Waals surface area contributed by atoms with E-state index in [9.17, 15) is 0 Å². The van der Waals surface area contributed by atoms with E-state index in [4.69, 9.17) is 0 Å². The fraction of sp³-hybridized carbons (Fsp3) is 0.0930. The zero-order valence-corrected chi connectivity index (χ0v) is 27.6. The molecule has 1 atom stereocenters. The van der Waals surface area contributed by atoms with Gasteiger partial charge < -0.3 is 0 Å². The Labute approximate surface area is 268 Å². The molecule has 44 heavy (non-hydrogen) atoms. The van der Waals surface area contributed by atoms with Gasteiger partial charge in [-0.15, -0.1) is 0 Å². The number of hydrogen-bond acceptors (Lipinski definition) is 0. The van der Waals surface area contributed by atoms with Gasteiger partial charge in [-0.05, 0) is 0 Å². The van der Waals surface area contributed by atoms with Gasteiger partial charge in [0, 0.05) is 0 Å². The van der Waals surface area contributed by atoms with Crippen LogP contribution in [0.2, 0.25) is 0 Å². The summed E-state index contributed by atoms with van der Waals surface area (Å²) < 4.78 is 2.33. The third-order valence-electron chi connectivity index (χ3n) is 9.40. The fourth-order valence-electron chi connectivity index (χ4n) is 7.54. The summed E-state index contributed by atoms with van der Waals surface area (Å²) in [5.74, 6) is 0. The normalized spacial score (nSPS) is 14.9. The van der Waals surface area contributed by atoms with Crippen molar-refractivity contribution in [3.8, 4) is 11.1 Å². The first kappa shape index (κ1) is 27.4. The molecule has 6 aromatic rings. The van der Waals surface area contributed by atoms with Gasteiger partial charge in [-0.3, -0.25) is 0 Å². The zero-order valence-electron chi connectivity index (χ0n) is 25.2. The van der Waals surface area contributed by atoms with Crippen LogP contribution in [0.25, 0.3) is 22.8 Å². The SMILES string of the molecule is Cc1ccc2c(c1)[CH]([Zr](=[C](c1ccccc1)c1ccccc1)[CH]1C(c3ccccc3)=Cc3ccccc31)c1cc(C)ccc1-2. The molecule has 0 fully saturated rings. The molecule has 0 aliphatic heterocycles. The minimum atomic E-state index is -2.94. The summed E-state index contributed by atoms with van der Waals surface area (Å²) in [6.07, 6.45) is 2.51. The summed E-state index contributed by atoms with van der Waals surface area (Å²) in [6, 6.07) is 57.4. The van der Waals surface area contributed by atoms with E-state index >= 15 is 0 Å². The minimum absolute atomic E-state index is 0.358. The Hall–Kier alpha value is -4.19. The quantitative estimate of drug-likeness (QED) is 0.176. The molecular weight excluding hydrogens is 608 g/mol. The van der Waals surface area contributed by atoms with Crippen molar-refractivity contribution in [1.29, 1.82) is 0 Å². The first-order chi connectivity index (χ1) is 21.7. The Bertz CT molecular complexity index is 1970. The van der Waals surface area contributed by atoms with Crippen molar-refractivity contribution in [2.24, 2.45) is 0 Å². The standard InChI is InChI=1S/C15H13.C15H11.C13H10.Zr/c1-10-3-5-14-12(7-10)9-13-8-11(2)4-6-15(13)14;1-2-6-12(7-3-1)15-10-13-8-4-5-9-14(13)11-15;1-3-7-12(8-4-1)11-13-9-5-2-6-10-13;/h3-9H,1-2H3;1-11H;1-10H;. The van der Waals surface area contributed by atoms with Gasteiger partial charge in [0.1, 0.15) is 0 Å². The molecule has 0 radical (unpaired) electrons. The molecule has 0 nitrogen and oxygen atoms in total. The summed E-state index contributed by atoms with van der Waals surface area (Å²) in [4.78, 5) is 0. The number of rotatable bonds is 5. The van der Waals surface area contributed by atoms with Crippen LogP contribution in [0.15, 0.2) is 152 Å². The Kier molecular flexibility index (Phi) is 7.08. The van der Waals surface area contributed by atoms with Gasteiger partial charge >= 0.3 is 270 Å². The predicted molar refractivity (Wildman–Crippen MR) is 183 cm³/mol. The fourth-order valence-corrected chi connectivity index (χ4v) is 18.0. The Morgan fingerprint density at radius 3 is 1.55 bits per heavy atom. The molecule has 0 aromatic heterocycles. The van der Waals surface area contributed by atoms with Crippen LogP contribution >= 0.6 is 0 Å². The monoisotopic (exact) mass is 640 g/mol. The number of benzene rings is 6. The molecule has 2 aliphatic rings. The number of fused-ring (bicyclic) bond motifs is 4. The van der Waals surface area contributed by atoms with Crippen LogP contribution in [0.1, 0.15) is 57.3 Å². The molecule has 1 unspecified atom stereocenters. The average molecular weight is 642 g/mol. The van der Waals surface area contributed by atoms with Crippen molar-refractivity contribution < 1.29 is 21.3 Å². The van der Waals surface area contributed by atoms with Crippen molar-refractivity contribution in [2.45, 2.75) is 21.1 Å². The summed E-state index contributed by atoms with van der Waals surface area (Å²) in [6.45, 7) is 4.52. The molecule has 0 amide bonds. The predicted octanol–water partition coefficient (Wildman–Crippen LogP) is 10.6. The van der Waals surface area contributed by atoms with Crippen molar-refractivity contribution in [3.05, 3.63) is 202 Å². The zero-order chi connectivity index (χ0) is 29.6. The van der Waals surface area contributed by atoms with E-state index in [0.717, 1.165) is 0 Å². The van der Waals surface area contributed by atoms with E-state index in [0.29, 0.717) is 7.25 Å².